The van der Waals surface area contributed by atoms with Gasteiger partial charge in [0.1, 0.15) is 11.4 Å². The summed E-state index contributed by atoms with van der Waals surface area (Å²) in [5, 5.41) is 11.0. The van der Waals surface area contributed by atoms with Crippen molar-refractivity contribution >= 4 is 0 Å². The maximum atomic E-state index is 4.68. The highest BCUT2D eigenvalue weighted by atomic mass is 16.6. The molecule has 0 aliphatic carbocycles. The van der Waals surface area contributed by atoms with Crippen molar-refractivity contribution in [3.05, 3.63) is 11.4 Å². The van der Waals surface area contributed by atoms with Gasteiger partial charge >= 0.3 is 0 Å². The molecule has 0 radical (unpaired) electrons. The van der Waals surface area contributed by atoms with Crippen LogP contribution >= 0.6 is 0 Å². The van der Waals surface area contributed by atoms with Crippen molar-refractivity contribution in [1.82, 2.24) is 20.5 Å². The van der Waals surface area contributed by atoms with E-state index in [9.17, 15) is 0 Å². The number of hydrogen-bond acceptors (Lipinski definition) is 5. The Morgan fingerprint density at radius 1 is 1.57 bits per heavy atom. The molecule has 1 N–H and O–H groups in total. The first-order valence-corrected chi connectivity index (χ1v) is 5.00. The Kier molecular flexibility index (Phi) is 2.79. The lowest BCUT2D eigenvalue weighted by molar-refractivity contribution is 0.160. The third-order valence-corrected chi connectivity index (χ3v) is 2.74. The van der Waals surface area contributed by atoms with Crippen LogP contribution in [0.15, 0.2) is 4.63 Å². The van der Waals surface area contributed by atoms with Crippen LogP contribution in [0, 0.1) is 6.92 Å². The molecule has 1 aromatic rings. The van der Waals surface area contributed by atoms with Gasteiger partial charge in [-0.2, -0.15) is 0 Å². The molecule has 0 bridgehead atoms. The van der Waals surface area contributed by atoms with E-state index in [1.54, 1.807) is 0 Å². The van der Waals surface area contributed by atoms with Crippen LogP contribution in [0.5, 0.6) is 0 Å². The number of nitrogens with zero attached hydrogens (tertiary/aromatic N) is 3. The summed E-state index contributed by atoms with van der Waals surface area (Å²) in [6, 6.07) is 0.555. The number of piperazine rings is 1. The van der Waals surface area contributed by atoms with E-state index in [2.05, 4.69) is 32.1 Å². The fraction of sp³-hybridized carbons (Fsp3) is 0.778. The largest absolute Gasteiger partial charge is 0.314 e. The molecule has 1 fully saturated rings. The Labute approximate surface area is 83.4 Å². The zero-order valence-electron chi connectivity index (χ0n) is 8.66. The second-order valence-electron chi connectivity index (χ2n) is 3.82. The van der Waals surface area contributed by atoms with Crippen LogP contribution in [0.3, 0.4) is 0 Å². The van der Waals surface area contributed by atoms with E-state index in [-0.39, 0.29) is 0 Å². The van der Waals surface area contributed by atoms with Gasteiger partial charge in [-0.1, -0.05) is 10.3 Å². The molecule has 0 saturated carbocycles. The molecule has 0 unspecified atom stereocenters. The molecule has 0 aromatic carbocycles. The molecule has 1 aromatic heterocycles. The summed E-state index contributed by atoms with van der Waals surface area (Å²) in [6.45, 7) is 8.15. The number of hydrogen-bond donors (Lipinski definition) is 1. The SMILES string of the molecule is Cc1nonc1CN1CCNC[C@@H]1C. The highest BCUT2D eigenvalue weighted by Gasteiger charge is 2.20. The third kappa shape index (κ3) is 1.93. The lowest BCUT2D eigenvalue weighted by Gasteiger charge is -2.33. The van der Waals surface area contributed by atoms with Gasteiger partial charge in [0.2, 0.25) is 0 Å². The Morgan fingerprint density at radius 3 is 3.07 bits per heavy atom. The van der Waals surface area contributed by atoms with Crippen molar-refractivity contribution in [3.63, 3.8) is 0 Å². The second-order valence-corrected chi connectivity index (χ2v) is 3.82. The highest BCUT2D eigenvalue weighted by Crippen LogP contribution is 2.10. The minimum Gasteiger partial charge on any atom is -0.314 e. The van der Waals surface area contributed by atoms with Gasteiger partial charge in [-0.15, -0.1) is 0 Å². The van der Waals surface area contributed by atoms with Crippen molar-refractivity contribution in [3.8, 4) is 0 Å². The average Bonchev–Trinajstić information content (AvgIpc) is 2.56. The van der Waals surface area contributed by atoms with Gasteiger partial charge in [-0.05, 0) is 13.8 Å². The summed E-state index contributed by atoms with van der Waals surface area (Å²) in [5.41, 5.74) is 1.86. The Balaban J connectivity index is 1.99. The first kappa shape index (κ1) is 9.61. The molecule has 2 heterocycles. The van der Waals surface area contributed by atoms with E-state index in [1.165, 1.54) is 0 Å². The zero-order valence-corrected chi connectivity index (χ0v) is 8.66. The van der Waals surface area contributed by atoms with E-state index in [1.807, 2.05) is 6.92 Å². The van der Waals surface area contributed by atoms with E-state index in [0.29, 0.717) is 6.04 Å². The summed E-state index contributed by atoms with van der Waals surface area (Å²) in [6.07, 6.45) is 0. The summed E-state index contributed by atoms with van der Waals surface area (Å²) in [7, 11) is 0. The van der Waals surface area contributed by atoms with Gasteiger partial charge in [0.25, 0.3) is 0 Å². The van der Waals surface area contributed by atoms with Gasteiger partial charge in [0.05, 0.1) is 0 Å². The second kappa shape index (κ2) is 4.06. The predicted octanol–water partition coefficient (Wildman–Crippen LogP) is 0.172. The van der Waals surface area contributed by atoms with Crippen molar-refractivity contribution in [2.45, 2.75) is 26.4 Å². The van der Waals surface area contributed by atoms with Crippen LogP contribution < -0.4 is 5.32 Å². The van der Waals surface area contributed by atoms with E-state index in [4.69, 9.17) is 0 Å². The summed E-state index contributed by atoms with van der Waals surface area (Å²) >= 11 is 0. The molecule has 1 aliphatic rings. The predicted molar refractivity (Wildman–Crippen MR) is 51.8 cm³/mol. The average molecular weight is 196 g/mol. The van der Waals surface area contributed by atoms with Crippen molar-refractivity contribution in [2.75, 3.05) is 19.6 Å². The van der Waals surface area contributed by atoms with E-state index in [0.717, 1.165) is 37.6 Å². The van der Waals surface area contributed by atoms with Gasteiger partial charge in [0.15, 0.2) is 0 Å². The van der Waals surface area contributed by atoms with Crippen LogP contribution in [0.2, 0.25) is 0 Å². The van der Waals surface area contributed by atoms with Gasteiger partial charge in [-0.25, -0.2) is 4.63 Å². The number of aromatic nitrogens is 2. The standard InChI is InChI=1S/C9H16N4O/c1-7-5-10-3-4-13(7)6-9-8(2)11-14-12-9/h7,10H,3-6H2,1-2H3/t7-/m0/s1. The lowest BCUT2D eigenvalue weighted by atomic mass is 10.2. The topological polar surface area (TPSA) is 54.2 Å². The van der Waals surface area contributed by atoms with Crippen LogP contribution in [0.4, 0.5) is 0 Å². The molecule has 0 amide bonds. The molecule has 78 valence electrons. The van der Waals surface area contributed by atoms with Crippen LogP contribution in [-0.2, 0) is 6.54 Å². The number of nitrogens with one attached hydrogen (secondary N) is 1. The molecule has 2 rings (SSSR count). The summed E-state index contributed by atoms with van der Waals surface area (Å²) in [4.78, 5) is 2.39. The normalized spacial score (nSPS) is 24.0. The molecule has 1 saturated heterocycles. The lowest BCUT2D eigenvalue weighted by Crippen LogP contribution is -2.49. The molecular weight excluding hydrogens is 180 g/mol. The van der Waals surface area contributed by atoms with Crippen molar-refractivity contribution in [2.24, 2.45) is 0 Å². The third-order valence-electron chi connectivity index (χ3n) is 2.74. The van der Waals surface area contributed by atoms with E-state index >= 15 is 0 Å². The molecule has 14 heavy (non-hydrogen) atoms. The summed E-state index contributed by atoms with van der Waals surface area (Å²) < 4.78 is 4.68. The Morgan fingerprint density at radius 2 is 2.43 bits per heavy atom. The monoisotopic (exact) mass is 196 g/mol. The fourth-order valence-corrected chi connectivity index (χ4v) is 1.70. The molecule has 5 nitrogen and oxygen atoms in total. The minimum atomic E-state index is 0.555. The van der Waals surface area contributed by atoms with Crippen LogP contribution in [-0.4, -0.2) is 40.9 Å². The van der Waals surface area contributed by atoms with Crippen molar-refractivity contribution < 1.29 is 4.63 Å². The summed E-state index contributed by atoms with van der Waals surface area (Å²) in [5.74, 6) is 0. The smallest absolute Gasteiger partial charge is 0.122 e. The van der Waals surface area contributed by atoms with Crippen LogP contribution in [0.25, 0.3) is 0 Å². The fourth-order valence-electron chi connectivity index (χ4n) is 1.70. The molecule has 1 aliphatic heterocycles. The first-order valence-electron chi connectivity index (χ1n) is 5.00. The quantitative estimate of drug-likeness (QED) is 0.731. The number of aryl methyl sites for hydroxylation is 1. The maximum Gasteiger partial charge on any atom is 0.122 e. The molecule has 5 heteroatoms. The van der Waals surface area contributed by atoms with Crippen LogP contribution in [0.1, 0.15) is 18.3 Å². The Bertz CT molecular complexity index is 299. The maximum absolute atomic E-state index is 4.68. The molecule has 1 atom stereocenters. The Hall–Kier alpha value is -0.940. The molecule has 0 spiro atoms. The minimum absolute atomic E-state index is 0.555. The molecular formula is C9H16N4O. The van der Waals surface area contributed by atoms with Crippen molar-refractivity contribution in [1.29, 1.82) is 0 Å². The van der Waals surface area contributed by atoms with E-state index < -0.39 is 0 Å². The van der Waals surface area contributed by atoms with Gasteiger partial charge in [0, 0.05) is 32.2 Å². The zero-order chi connectivity index (χ0) is 9.97. The number of rotatable bonds is 2. The highest BCUT2D eigenvalue weighted by molar-refractivity contribution is 5.04. The first-order chi connectivity index (χ1) is 6.77. The van der Waals surface area contributed by atoms with Gasteiger partial charge in [-0.3, -0.25) is 4.90 Å². The van der Waals surface area contributed by atoms with Gasteiger partial charge < -0.3 is 5.32 Å².